The molecule has 0 spiro atoms. The highest BCUT2D eigenvalue weighted by atomic mass is 28.3. The van der Waals surface area contributed by atoms with Crippen LogP contribution in [-0.4, -0.2) is 8.80 Å². The standard InChI is InChI=1S/C16H18Si/c1-2-6-14(7-3-1)10-12-17-13-11-15-8-4-5-9-16(15)17/h1-9,17H,10-13H2. The van der Waals surface area contributed by atoms with Crippen molar-refractivity contribution < 1.29 is 0 Å². The Morgan fingerprint density at radius 3 is 2.53 bits per heavy atom. The molecule has 0 amide bonds. The first-order valence-corrected chi connectivity index (χ1v) is 8.76. The number of hydrogen-bond donors (Lipinski definition) is 0. The number of benzene rings is 2. The van der Waals surface area contributed by atoms with Gasteiger partial charge in [0.25, 0.3) is 0 Å². The van der Waals surface area contributed by atoms with Crippen LogP contribution in [0.4, 0.5) is 0 Å². The third kappa shape index (κ3) is 2.34. The minimum Gasteiger partial charge on any atom is -0.0631 e. The van der Waals surface area contributed by atoms with Gasteiger partial charge in [-0.3, -0.25) is 0 Å². The van der Waals surface area contributed by atoms with Crippen LogP contribution in [0.25, 0.3) is 0 Å². The van der Waals surface area contributed by atoms with Gasteiger partial charge in [-0.1, -0.05) is 71.9 Å². The van der Waals surface area contributed by atoms with Crippen molar-refractivity contribution in [2.75, 3.05) is 0 Å². The minimum absolute atomic E-state index is 0.648. The molecule has 1 unspecified atom stereocenters. The van der Waals surface area contributed by atoms with Gasteiger partial charge in [-0.15, -0.1) is 0 Å². The molecule has 0 bridgehead atoms. The molecule has 2 aromatic rings. The lowest BCUT2D eigenvalue weighted by Crippen LogP contribution is -2.26. The minimum atomic E-state index is -0.648. The molecule has 0 saturated heterocycles. The smallest absolute Gasteiger partial charge is 0.0631 e. The lowest BCUT2D eigenvalue weighted by Gasteiger charge is -2.09. The summed E-state index contributed by atoms with van der Waals surface area (Å²) in [6.07, 6.45) is 2.61. The van der Waals surface area contributed by atoms with Gasteiger partial charge in [-0.05, 0) is 24.0 Å². The lowest BCUT2D eigenvalue weighted by atomic mass is 10.2. The van der Waals surface area contributed by atoms with Gasteiger partial charge in [0, 0.05) is 0 Å². The van der Waals surface area contributed by atoms with Crippen LogP contribution in [0.3, 0.4) is 0 Å². The van der Waals surface area contributed by atoms with Gasteiger partial charge in [-0.25, -0.2) is 0 Å². The zero-order valence-electron chi connectivity index (χ0n) is 10.1. The molecule has 1 heterocycles. The van der Waals surface area contributed by atoms with E-state index in [0.717, 1.165) is 0 Å². The van der Waals surface area contributed by atoms with Crippen LogP contribution >= 0.6 is 0 Å². The van der Waals surface area contributed by atoms with Crippen LogP contribution < -0.4 is 5.19 Å². The van der Waals surface area contributed by atoms with Crippen LogP contribution in [0.15, 0.2) is 54.6 Å². The fraction of sp³-hybridized carbons (Fsp3) is 0.250. The zero-order valence-corrected chi connectivity index (χ0v) is 11.3. The summed E-state index contributed by atoms with van der Waals surface area (Å²) >= 11 is 0. The van der Waals surface area contributed by atoms with E-state index in [9.17, 15) is 0 Å². The van der Waals surface area contributed by atoms with E-state index < -0.39 is 8.80 Å². The fourth-order valence-electron chi connectivity index (χ4n) is 2.93. The normalized spacial score (nSPS) is 18.0. The molecule has 3 rings (SSSR count). The van der Waals surface area contributed by atoms with Gasteiger partial charge < -0.3 is 0 Å². The monoisotopic (exact) mass is 238 g/mol. The molecule has 86 valence electrons. The molecular formula is C16H18Si. The Morgan fingerprint density at radius 1 is 0.882 bits per heavy atom. The highest BCUT2D eigenvalue weighted by molar-refractivity contribution is 6.74. The van der Waals surface area contributed by atoms with Crippen molar-refractivity contribution in [2.45, 2.75) is 24.9 Å². The van der Waals surface area contributed by atoms with Crippen LogP contribution in [0, 0.1) is 0 Å². The average Bonchev–Trinajstić information content (AvgIpc) is 2.81. The summed E-state index contributed by atoms with van der Waals surface area (Å²) in [7, 11) is -0.648. The van der Waals surface area contributed by atoms with E-state index >= 15 is 0 Å². The quantitative estimate of drug-likeness (QED) is 0.721. The Bertz CT molecular complexity index is 490. The van der Waals surface area contributed by atoms with Crippen molar-refractivity contribution in [3.05, 3.63) is 65.7 Å². The molecule has 1 aliphatic rings. The molecule has 17 heavy (non-hydrogen) atoms. The van der Waals surface area contributed by atoms with E-state index in [-0.39, 0.29) is 0 Å². The number of hydrogen-bond acceptors (Lipinski definition) is 0. The summed E-state index contributed by atoms with van der Waals surface area (Å²) in [6, 6.07) is 22.9. The number of aryl methyl sites for hydroxylation is 2. The summed E-state index contributed by atoms with van der Waals surface area (Å²) in [6.45, 7) is 0. The first-order valence-electron chi connectivity index (χ1n) is 6.55. The highest BCUT2D eigenvalue weighted by Crippen LogP contribution is 2.18. The molecule has 2 aromatic carbocycles. The van der Waals surface area contributed by atoms with Gasteiger partial charge in [0.05, 0.1) is 8.80 Å². The van der Waals surface area contributed by atoms with Crippen molar-refractivity contribution in [3.63, 3.8) is 0 Å². The van der Waals surface area contributed by atoms with Crippen molar-refractivity contribution in [1.82, 2.24) is 0 Å². The number of rotatable bonds is 3. The molecule has 0 aromatic heterocycles. The molecule has 0 saturated carbocycles. The predicted octanol–water partition coefficient (Wildman–Crippen LogP) is 2.92. The van der Waals surface area contributed by atoms with Crippen LogP contribution in [0.5, 0.6) is 0 Å². The third-order valence-electron chi connectivity index (χ3n) is 3.88. The molecule has 0 fully saturated rings. The van der Waals surface area contributed by atoms with Crippen LogP contribution in [-0.2, 0) is 12.8 Å². The molecule has 1 atom stereocenters. The molecule has 0 radical (unpaired) electrons. The SMILES string of the molecule is c1ccc(CC[SiH]2CCc3ccccc32)cc1. The molecule has 0 N–H and O–H groups in total. The Balaban J connectivity index is 1.68. The Labute approximate surface area is 105 Å². The molecule has 1 heteroatoms. The zero-order chi connectivity index (χ0) is 11.5. The molecule has 0 aliphatic carbocycles. The van der Waals surface area contributed by atoms with E-state index in [1.54, 1.807) is 10.8 Å². The molecule has 1 aliphatic heterocycles. The van der Waals surface area contributed by atoms with Gasteiger partial charge in [0.1, 0.15) is 0 Å². The first-order chi connectivity index (χ1) is 8.43. The third-order valence-corrected chi connectivity index (χ3v) is 7.30. The maximum Gasteiger partial charge on any atom is 0.0718 e. The van der Waals surface area contributed by atoms with E-state index in [1.807, 2.05) is 0 Å². The van der Waals surface area contributed by atoms with Crippen LogP contribution in [0.1, 0.15) is 11.1 Å². The Kier molecular flexibility index (Phi) is 3.10. The largest absolute Gasteiger partial charge is 0.0718 e. The van der Waals surface area contributed by atoms with E-state index in [1.165, 1.54) is 30.5 Å². The average molecular weight is 238 g/mol. The summed E-state index contributed by atoms with van der Waals surface area (Å²) in [4.78, 5) is 0. The lowest BCUT2D eigenvalue weighted by molar-refractivity contribution is 1.09. The van der Waals surface area contributed by atoms with E-state index in [0.29, 0.717) is 0 Å². The van der Waals surface area contributed by atoms with E-state index in [2.05, 4.69) is 54.6 Å². The van der Waals surface area contributed by atoms with Crippen molar-refractivity contribution in [3.8, 4) is 0 Å². The van der Waals surface area contributed by atoms with Gasteiger partial charge >= 0.3 is 0 Å². The number of fused-ring (bicyclic) bond motifs is 1. The highest BCUT2D eigenvalue weighted by Gasteiger charge is 2.22. The summed E-state index contributed by atoms with van der Waals surface area (Å²) in [5.41, 5.74) is 3.14. The second-order valence-corrected chi connectivity index (χ2v) is 8.13. The maximum absolute atomic E-state index is 2.38. The first kappa shape index (κ1) is 10.8. The summed E-state index contributed by atoms with van der Waals surface area (Å²) in [5.74, 6) is 0. The second-order valence-electron chi connectivity index (χ2n) is 4.96. The van der Waals surface area contributed by atoms with Crippen molar-refractivity contribution in [2.24, 2.45) is 0 Å². The van der Waals surface area contributed by atoms with Crippen molar-refractivity contribution in [1.29, 1.82) is 0 Å². The molecule has 0 nitrogen and oxygen atoms in total. The Hall–Kier alpha value is -1.34. The second kappa shape index (κ2) is 4.88. The fourth-order valence-corrected chi connectivity index (χ4v) is 6.33. The van der Waals surface area contributed by atoms with E-state index in [4.69, 9.17) is 0 Å². The van der Waals surface area contributed by atoms with Crippen LogP contribution in [0.2, 0.25) is 12.1 Å². The topological polar surface area (TPSA) is 0 Å². The predicted molar refractivity (Wildman–Crippen MR) is 76.7 cm³/mol. The maximum atomic E-state index is 2.38. The molecular weight excluding hydrogens is 220 g/mol. The summed E-state index contributed by atoms with van der Waals surface area (Å²) < 4.78 is 0. The van der Waals surface area contributed by atoms with Gasteiger partial charge in [-0.2, -0.15) is 0 Å². The van der Waals surface area contributed by atoms with Crippen molar-refractivity contribution >= 4 is 14.0 Å². The Morgan fingerprint density at radius 2 is 1.65 bits per heavy atom. The van der Waals surface area contributed by atoms with Gasteiger partial charge in [0.15, 0.2) is 0 Å². The summed E-state index contributed by atoms with van der Waals surface area (Å²) in [5, 5.41) is 1.74. The van der Waals surface area contributed by atoms with Gasteiger partial charge in [0.2, 0.25) is 0 Å².